The zero-order chi connectivity index (χ0) is 18.4. The quantitative estimate of drug-likeness (QED) is 0.730. The van der Waals surface area contributed by atoms with E-state index in [1.54, 1.807) is 24.3 Å². The highest BCUT2D eigenvalue weighted by Crippen LogP contribution is 2.17. The van der Waals surface area contributed by atoms with Crippen LogP contribution in [0.2, 0.25) is 5.02 Å². The molecule has 25 heavy (non-hydrogen) atoms. The molecule has 2 rings (SSSR count). The van der Waals surface area contributed by atoms with Gasteiger partial charge in [-0.3, -0.25) is 14.9 Å². The number of benzene rings is 2. The van der Waals surface area contributed by atoms with E-state index in [1.165, 1.54) is 6.92 Å². The van der Waals surface area contributed by atoms with E-state index in [-0.39, 0.29) is 23.9 Å². The normalized spacial score (nSPS) is 13.0. The van der Waals surface area contributed by atoms with E-state index in [4.69, 9.17) is 11.6 Å². The Morgan fingerprint density at radius 2 is 1.40 bits per heavy atom. The zero-order valence-corrected chi connectivity index (χ0v) is 15.2. The maximum Gasteiger partial charge on any atom is 0.241 e. The molecule has 0 aromatic heterocycles. The number of amides is 2. The predicted octanol–water partition coefficient (Wildman–Crippen LogP) is 3.98. The van der Waals surface area contributed by atoms with Crippen LogP contribution in [0.5, 0.6) is 0 Å². The van der Waals surface area contributed by atoms with Crippen LogP contribution in [0.1, 0.15) is 32.4 Å². The van der Waals surface area contributed by atoms with Gasteiger partial charge in [-0.15, -0.1) is 0 Å². The molecular weight excluding hydrogens is 338 g/mol. The molecule has 2 amide bonds. The maximum absolute atomic E-state index is 12.3. The van der Waals surface area contributed by atoms with Crippen LogP contribution >= 0.6 is 11.6 Å². The molecule has 6 heteroatoms. The van der Waals surface area contributed by atoms with Crippen molar-refractivity contribution in [2.75, 3.05) is 10.6 Å². The Balaban J connectivity index is 1.91. The summed E-state index contributed by atoms with van der Waals surface area (Å²) in [4.78, 5) is 23.3. The van der Waals surface area contributed by atoms with E-state index in [0.717, 1.165) is 5.56 Å². The Morgan fingerprint density at radius 1 is 0.880 bits per heavy atom. The van der Waals surface area contributed by atoms with E-state index in [1.807, 2.05) is 38.1 Å². The van der Waals surface area contributed by atoms with Crippen molar-refractivity contribution in [3.8, 4) is 0 Å². The van der Waals surface area contributed by atoms with Gasteiger partial charge in [0, 0.05) is 29.4 Å². The van der Waals surface area contributed by atoms with Gasteiger partial charge < -0.3 is 10.6 Å². The third-order valence-electron chi connectivity index (χ3n) is 3.74. The van der Waals surface area contributed by atoms with Crippen LogP contribution in [-0.4, -0.2) is 17.9 Å². The van der Waals surface area contributed by atoms with Crippen LogP contribution in [0.4, 0.5) is 11.4 Å². The van der Waals surface area contributed by atoms with Gasteiger partial charge in [-0.05, 0) is 55.8 Å². The summed E-state index contributed by atoms with van der Waals surface area (Å²) in [6, 6.07) is 14.2. The molecule has 2 aromatic rings. The average Bonchev–Trinajstić information content (AvgIpc) is 2.56. The Labute approximate surface area is 152 Å². The fourth-order valence-electron chi connectivity index (χ4n) is 2.39. The largest absolute Gasteiger partial charge is 0.326 e. The number of carbonyl (C=O) groups is 2. The van der Waals surface area contributed by atoms with E-state index in [9.17, 15) is 9.59 Å². The number of hydrogen-bond donors (Lipinski definition) is 3. The molecule has 5 nitrogen and oxygen atoms in total. The highest BCUT2D eigenvalue weighted by atomic mass is 35.5. The highest BCUT2D eigenvalue weighted by Gasteiger charge is 2.16. The van der Waals surface area contributed by atoms with Gasteiger partial charge in [0.1, 0.15) is 0 Å². The fourth-order valence-corrected chi connectivity index (χ4v) is 2.52. The first-order valence-corrected chi connectivity index (χ1v) is 8.43. The lowest BCUT2D eigenvalue weighted by Crippen LogP contribution is -2.39. The maximum atomic E-state index is 12.3. The summed E-state index contributed by atoms with van der Waals surface area (Å²) in [7, 11) is 0. The van der Waals surface area contributed by atoms with Crippen LogP contribution in [0.3, 0.4) is 0 Å². The molecule has 2 aromatic carbocycles. The first kappa shape index (κ1) is 19.0. The molecule has 0 fully saturated rings. The van der Waals surface area contributed by atoms with Crippen molar-refractivity contribution in [3.63, 3.8) is 0 Å². The Kier molecular flexibility index (Phi) is 6.56. The van der Waals surface area contributed by atoms with Crippen LogP contribution in [0, 0.1) is 0 Å². The Hall–Kier alpha value is -2.37. The van der Waals surface area contributed by atoms with Gasteiger partial charge in [-0.1, -0.05) is 23.7 Å². The van der Waals surface area contributed by atoms with Crippen molar-refractivity contribution in [2.24, 2.45) is 0 Å². The third-order valence-corrected chi connectivity index (χ3v) is 3.99. The van der Waals surface area contributed by atoms with Crippen LogP contribution in [-0.2, 0) is 9.59 Å². The third kappa shape index (κ3) is 5.89. The molecule has 0 aliphatic heterocycles. The standard InChI is InChI=1S/C19H22ClN3O2/c1-12(15-4-6-16(20)7-5-15)21-13(2)19(25)23-18-10-8-17(9-11-18)22-14(3)24/h4-13,21H,1-3H3,(H,22,24)(H,23,25)/t12-,13-/m1/s1. The monoisotopic (exact) mass is 359 g/mol. The molecule has 0 saturated carbocycles. The van der Waals surface area contributed by atoms with Crippen LogP contribution in [0.15, 0.2) is 48.5 Å². The summed E-state index contributed by atoms with van der Waals surface area (Å²) in [5, 5.41) is 9.48. The summed E-state index contributed by atoms with van der Waals surface area (Å²) in [6.07, 6.45) is 0. The molecule has 3 N–H and O–H groups in total. The van der Waals surface area contributed by atoms with Crippen molar-refractivity contribution < 1.29 is 9.59 Å². The van der Waals surface area contributed by atoms with Crippen molar-refractivity contribution in [1.82, 2.24) is 5.32 Å². The van der Waals surface area contributed by atoms with Gasteiger partial charge in [0.15, 0.2) is 0 Å². The van der Waals surface area contributed by atoms with E-state index in [2.05, 4.69) is 16.0 Å². The summed E-state index contributed by atoms with van der Waals surface area (Å²) < 4.78 is 0. The van der Waals surface area contributed by atoms with E-state index in [0.29, 0.717) is 16.4 Å². The summed E-state index contributed by atoms with van der Waals surface area (Å²) in [5.41, 5.74) is 2.42. The number of carbonyl (C=O) groups excluding carboxylic acids is 2. The summed E-state index contributed by atoms with van der Waals surface area (Å²) in [6.45, 7) is 5.26. The number of halogens is 1. The molecule has 0 radical (unpaired) electrons. The molecule has 0 unspecified atom stereocenters. The van der Waals surface area contributed by atoms with Crippen molar-refractivity contribution in [3.05, 3.63) is 59.1 Å². The second kappa shape index (κ2) is 8.65. The van der Waals surface area contributed by atoms with Crippen molar-refractivity contribution in [1.29, 1.82) is 0 Å². The molecule has 0 aliphatic rings. The molecular formula is C19H22ClN3O2. The van der Waals surface area contributed by atoms with Gasteiger partial charge >= 0.3 is 0 Å². The lowest BCUT2D eigenvalue weighted by Gasteiger charge is -2.20. The van der Waals surface area contributed by atoms with Gasteiger partial charge in [-0.25, -0.2) is 0 Å². The van der Waals surface area contributed by atoms with Gasteiger partial charge in [-0.2, -0.15) is 0 Å². The molecule has 2 atom stereocenters. The van der Waals surface area contributed by atoms with Crippen molar-refractivity contribution in [2.45, 2.75) is 32.9 Å². The number of nitrogens with one attached hydrogen (secondary N) is 3. The first-order chi connectivity index (χ1) is 11.8. The Bertz CT molecular complexity index is 729. The minimum Gasteiger partial charge on any atom is -0.326 e. The topological polar surface area (TPSA) is 70.2 Å². The van der Waals surface area contributed by atoms with Gasteiger partial charge in [0.25, 0.3) is 0 Å². The second-order valence-corrected chi connectivity index (χ2v) is 6.35. The van der Waals surface area contributed by atoms with Gasteiger partial charge in [0.05, 0.1) is 6.04 Å². The first-order valence-electron chi connectivity index (χ1n) is 8.05. The average molecular weight is 360 g/mol. The minimum absolute atomic E-state index is 0.0140. The Morgan fingerprint density at radius 3 is 1.92 bits per heavy atom. The highest BCUT2D eigenvalue weighted by molar-refractivity contribution is 6.30. The molecule has 0 spiro atoms. The molecule has 0 heterocycles. The molecule has 0 aliphatic carbocycles. The molecule has 0 saturated heterocycles. The zero-order valence-electron chi connectivity index (χ0n) is 14.5. The molecule has 0 bridgehead atoms. The molecule has 132 valence electrons. The summed E-state index contributed by atoms with van der Waals surface area (Å²) >= 11 is 5.89. The van der Waals surface area contributed by atoms with Crippen LogP contribution in [0.25, 0.3) is 0 Å². The predicted molar refractivity (Wildman–Crippen MR) is 102 cm³/mol. The second-order valence-electron chi connectivity index (χ2n) is 5.91. The lowest BCUT2D eigenvalue weighted by molar-refractivity contribution is -0.118. The minimum atomic E-state index is -0.374. The number of hydrogen-bond acceptors (Lipinski definition) is 3. The van der Waals surface area contributed by atoms with E-state index < -0.39 is 0 Å². The number of anilines is 2. The van der Waals surface area contributed by atoms with E-state index >= 15 is 0 Å². The smallest absolute Gasteiger partial charge is 0.241 e. The SMILES string of the molecule is CC(=O)Nc1ccc(NC(=O)[C@@H](C)N[C@H](C)c2ccc(Cl)cc2)cc1. The number of rotatable bonds is 6. The van der Waals surface area contributed by atoms with Crippen LogP contribution < -0.4 is 16.0 Å². The van der Waals surface area contributed by atoms with Gasteiger partial charge in [0.2, 0.25) is 11.8 Å². The van der Waals surface area contributed by atoms with Crippen molar-refractivity contribution >= 4 is 34.8 Å². The lowest BCUT2D eigenvalue weighted by atomic mass is 10.1. The summed E-state index contributed by atoms with van der Waals surface area (Å²) in [5.74, 6) is -0.265. The fraction of sp³-hybridized carbons (Fsp3) is 0.263.